The molecule has 1 aliphatic rings. The summed E-state index contributed by atoms with van der Waals surface area (Å²) in [6.07, 6.45) is 2.90. The first-order chi connectivity index (χ1) is 12.4. The van der Waals surface area contributed by atoms with Gasteiger partial charge in [-0.25, -0.2) is 13.2 Å². The number of rotatable bonds is 5. The zero-order valence-electron chi connectivity index (χ0n) is 15.0. The number of carbonyl (C=O) groups is 1. The van der Waals surface area contributed by atoms with Crippen LogP contribution in [0.25, 0.3) is 11.1 Å². The molecule has 140 valence electrons. The van der Waals surface area contributed by atoms with Gasteiger partial charge in [0, 0.05) is 18.7 Å². The third-order valence-electron chi connectivity index (χ3n) is 4.53. The molecule has 0 unspecified atom stereocenters. The smallest absolute Gasteiger partial charge is 0.348 e. The Bertz CT molecular complexity index is 879. The zero-order chi connectivity index (χ0) is 18.7. The lowest BCUT2D eigenvalue weighted by atomic mass is 10.0. The van der Waals surface area contributed by atoms with E-state index in [1.165, 1.54) is 11.3 Å². The Hall–Kier alpha value is -1.70. The van der Waals surface area contributed by atoms with Crippen molar-refractivity contribution in [2.75, 3.05) is 19.7 Å². The Morgan fingerprint density at radius 2 is 1.81 bits per heavy atom. The minimum absolute atomic E-state index is 0.300. The van der Waals surface area contributed by atoms with Gasteiger partial charge in [0.15, 0.2) is 0 Å². The lowest BCUT2D eigenvalue weighted by Crippen LogP contribution is -2.35. The van der Waals surface area contributed by atoms with Crippen LogP contribution in [-0.4, -0.2) is 38.4 Å². The molecule has 26 heavy (non-hydrogen) atoms. The van der Waals surface area contributed by atoms with Gasteiger partial charge >= 0.3 is 5.97 Å². The molecule has 2 heterocycles. The van der Waals surface area contributed by atoms with E-state index in [1.54, 1.807) is 35.5 Å². The van der Waals surface area contributed by atoms with Gasteiger partial charge < -0.3 is 4.74 Å². The maximum absolute atomic E-state index is 12.8. The fourth-order valence-corrected chi connectivity index (χ4v) is 5.68. The number of ether oxygens (including phenoxy) is 1. The Balaban J connectivity index is 1.91. The molecule has 2 aromatic rings. The average molecular weight is 394 g/mol. The molecule has 5 nitrogen and oxygen atoms in total. The van der Waals surface area contributed by atoms with Crippen molar-refractivity contribution >= 4 is 27.3 Å². The van der Waals surface area contributed by atoms with Crippen molar-refractivity contribution in [2.45, 2.75) is 38.0 Å². The van der Waals surface area contributed by atoms with Crippen LogP contribution < -0.4 is 0 Å². The predicted molar refractivity (Wildman–Crippen MR) is 103 cm³/mol. The van der Waals surface area contributed by atoms with Crippen LogP contribution in [0.5, 0.6) is 0 Å². The Morgan fingerprint density at radius 3 is 2.42 bits per heavy atom. The highest BCUT2D eigenvalue weighted by molar-refractivity contribution is 7.89. The van der Waals surface area contributed by atoms with Crippen LogP contribution in [0, 0.1) is 6.92 Å². The number of sulfonamides is 1. The first-order valence-electron chi connectivity index (χ1n) is 8.81. The van der Waals surface area contributed by atoms with Gasteiger partial charge in [-0.3, -0.25) is 0 Å². The van der Waals surface area contributed by atoms with E-state index in [9.17, 15) is 13.2 Å². The van der Waals surface area contributed by atoms with Crippen molar-refractivity contribution in [3.8, 4) is 11.1 Å². The van der Waals surface area contributed by atoms with Crippen LogP contribution in [0.15, 0.2) is 34.5 Å². The van der Waals surface area contributed by atoms with Gasteiger partial charge in [-0.1, -0.05) is 18.6 Å². The molecule has 0 bridgehead atoms. The number of benzene rings is 1. The van der Waals surface area contributed by atoms with E-state index in [1.807, 2.05) is 12.3 Å². The Labute approximate surface area is 158 Å². The van der Waals surface area contributed by atoms with E-state index in [-0.39, 0.29) is 5.97 Å². The van der Waals surface area contributed by atoms with Crippen LogP contribution in [0.1, 0.15) is 41.4 Å². The minimum Gasteiger partial charge on any atom is -0.462 e. The molecule has 1 aromatic heterocycles. The lowest BCUT2D eigenvalue weighted by molar-refractivity contribution is 0.0533. The number of carbonyl (C=O) groups excluding carboxylic acids is 1. The SMILES string of the molecule is CCOC(=O)c1scc(C)c1-c1ccc(S(=O)(=O)N2CCCCC2)cc1. The number of thiophene rings is 1. The monoisotopic (exact) mass is 393 g/mol. The highest BCUT2D eigenvalue weighted by atomic mass is 32.2. The van der Waals surface area contributed by atoms with Gasteiger partial charge in [-0.15, -0.1) is 11.3 Å². The molecule has 0 saturated carbocycles. The highest BCUT2D eigenvalue weighted by Gasteiger charge is 2.26. The zero-order valence-corrected chi connectivity index (χ0v) is 16.7. The van der Waals surface area contributed by atoms with Crippen molar-refractivity contribution in [3.63, 3.8) is 0 Å². The fraction of sp³-hybridized carbons (Fsp3) is 0.421. The van der Waals surface area contributed by atoms with Gasteiger partial charge in [-0.05, 0) is 55.3 Å². The summed E-state index contributed by atoms with van der Waals surface area (Å²) in [6, 6.07) is 6.81. The van der Waals surface area contributed by atoms with Crippen LogP contribution >= 0.6 is 11.3 Å². The number of piperidine rings is 1. The molecule has 0 N–H and O–H groups in total. The Morgan fingerprint density at radius 1 is 1.15 bits per heavy atom. The van der Waals surface area contributed by atoms with E-state index in [2.05, 4.69) is 0 Å². The molecule has 7 heteroatoms. The molecular formula is C19H23NO4S2. The largest absolute Gasteiger partial charge is 0.462 e. The standard InChI is InChI=1S/C19H23NO4S2/c1-3-24-19(21)18-17(14(2)13-25-18)15-7-9-16(10-8-15)26(22,23)20-11-5-4-6-12-20/h7-10,13H,3-6,11-12H2,1-2H3. The first kappa shape index (κ1) is 19.1. The summed E-state index contributed by atoms with van der Waals surface area (Å²) >= 11 is 1.35. The maximum atomic E-state index is 12.8. The number of hydrogen-bond acceptors (Lipinski definition) is 5. The summed E-state index contributed by atoms with van der Waals surface area (Å²) in [5.41, 5.74) is 2.62. The van der Waals surface area contributed by atoms with Gasteiger partial charge in [0.2, 0.25) is 10.0 Å². The molecule has 0 atom stereocenters. The van der Waals surface area contributed by atoms with Crippen LogP contribution in [-0.2, 0) is 14.8 Å². The molecule has 0 spiro atoms. The molecule has 1 aliphatic heterocycles. The van der Waals surface area contributed by atoms with Crippen molar-refractivity contribution in [2.24, 2.45) is 0 Å². The Kier molecular flexibility index (Phi) is 5.79. The predicted octanol–water partition coefficient (Wildman–Crippen LogP) is 4.07. The van der Waals surface area contributed by atoms with Crippen LogP contribution in [0.4, 0.5) is 0 Å². The first-order valence-corrected chi connectivity index (χ1v) is 11.1. The highest BCUT2D eigenvalue weighted by Crippen LogP contribution is 2.34. The average Bonchev–Trinajstić information content (AvgIpc) is 3.04. The van der Waals surface area contributed by atoms with Gasteiger partial charge in [-0.2, -0.15) is 4.31 Å². The molecule has 3 rings (SSSR count). The van der Waals surface area contributed by atoms with Gasteiger partial charge in [0.1, 0.15) is 4.88 Å². The topological polar surface area (TPSA) is 63.7 Å². The van der Waals surface area contributed by atoms with E-state index in [0.29, 0.717) is 29.5 Å². The van der Waals surface area contributed by atoms with E-state index < -0.39 is 10.0 Å². The summed E-state index contributed by atoms with van der Waals surface area (Å²) in [7, 11) is -3.45. The van der Waals surface area contributed by atoms with Crippen molar-refractivity contribution in [1.29, 1.82) is 0 Å². The second kappa shape index (κ2) is 7.90. The molecule has 0 aliphatic carbocycles. The summed E-state index contributed by atoms with van der Waals surface area (Å²) in [5, 5.41) is 1.92. The quantitative estimate of drug-likeness (QED) is 0.718. The van der Waals surface area contributed by atoms with Crippen molar-refractivity contribution in [1.82, 2.24) is 4.31 Å². The van der Waals surface area contributed by atoms with Gasteiger partial charge in [0.05, 0.1) is 11.5 Å². The van der Waals surface area contributed by atoms with E-state index in [4.69, 9.17) is 4.74 Å². The lowest BCUT2D eigenvalue weighted by Gasteiger charge is -2.25. The molecule has 1 aromatic carbocycles. The third kappa shape index (κ3) is 3.70. The normalized spacial score (nSPS) is 15.8. The van der Waals surface area contributed by atoms with Crippen molar-refractivity contribution in [3.05, 3.63) is 40.1 Å². The number of hydrogen-bond donors (Lipinski definition) is 0. The molecule has 0 amide bonds. The summed E-state index contributed by atoms with van der Waals surface area (Å²) in [4.78, 5) is 13.0. The van der Waals surface area contributed by atoms with E-state index in [0.717, 1.165) is 36.0 Å². The molecular weight excluding hydrogens is 370 g/mol. The fourth-order valence-electron chi connectivity index (χ4n) is 3.20. The molecule has 0 radical (unpaired) electrons. The third-order valence-corrected chi connectivity index (χ3v) is 7.52. The number of nitrogens with zero attached hydrogens (tertiary/aromatic N) is 1. The summed E-state index contributed by atoms with van der Waals surface area (Å²) in [6.45, 7) is 5.20. The van der Waals surface area contributed by atoms with E-state index >= 15 is 0 Å². The second-order valence-electron chi connectivity index (χ2n) is 6.33. The van der Waals surface area contributed by atoms with Gasteiger partial charge in [0.25, 0.3) is 0 Å². The number of esters is 1. The van der Waals surface area contributed by atoms with Crippen LogP contribution in [0.3, 0.4) is 0 Å². The van der Waals surface area contributed by atoms with Crippen molar-refractivity contribution < 1.29 is 17.9 Å². The van der Waals surface area contributed by atoms with Crippen LogP contribution in [0.2, 0.25) is 0 Å². The molecule has 1 fully saturated rings. The number of aryl methyl sites for hydroxylation is 1. The second-order valence-corrected chi connectivity index (χ2v) is 9.15. The maximum Gasteiger partial charge on any atom is 0.348 e. The molecule has 1 saturated heterocycles. The summed E-state index contributed by atoms with van der Waals surface area (Å²) < 4.78 is 32.2. The summed E-state index contributed by atoms with van der Waals surface area (Å²) in [5.74, 6) is -0.342. The minimum atomic E-state index is -3.45.